The van der Waals surface area contributed by atoms with Gasteiger partial charge in [0.1, 0.15) is 0 Å². The van der Waals surface area contributed by atoms with Crippen LogP contribution in [0.1, 0.15) is 20.8 Å². The monoisotopic (exact) mass is 140 g/mol. The van der Waals surface area contributed by atoms with Gasteiger partial charge in [-0.2, -0.15) is 0 Å². The van der Waals surface area contributed by atoms with E-state index in [9.17, 15) is 4.79 Å². The fourth-order valence-corrected chi connectivity index (χ4v) is 0.977. The van der Waals surface area contributed by atoms with Crippen LogP contribution in [0, 0.1) is 5.92 Å². The van der Waals surface area contributed by atoms with Crippen molar-refractivity contribution in [3.05, 3.63) is 11.3 Å². The summed E-state index contributed by atoms with van der Waals surface area (Å²) < 4.78 is 5.23. The Bertz CT molecular complexity index is 191. The number of carbonyl (C=O) groups is 1. The van der Waals surface area contributed by atoms with Crippen molar-refractivity contribution >= 4 is 5.78 Å². The number of allylic oxidation sites excluding steroid dienone is 2. The standard InChI is InChI=1S/C8H12O2/c1-5-4-10-7(3)6(2)8(5)9/h5H,4H2,1-3H3. The Kier molecular flexibility index (Phi) is 1.79. The van der Waals surface area contributed by atoms with Crippen molar-refractivity contribution < 1.29 is 9.53 Å². The second-order valence-corrected chi connectivity index (χ2v) is 2.76. The van der Waals surface area contributed by atoms with Gasteiger partial charge in [0.25, 0.3) is 0 Å². The molecule has 0 saturated heterocycles. The van der Waals surface area contributed by atoms with E-state index >= 15 is 0 Å². The summed E-state index contributed by atoms with van der Waals surface area (Å²) in [7, 11) is 0. The smallest absolute Gasteiger partial charge is 0.168 e. The highest BCUT2D eigenvalue weighted by Gasteiger charge is 2.22. The second kappa shape index (κ2) is 2.45. The van der Waals surface area contributed by atoms with E-state index < -0.39 is 0 Å². The Labute approximate surface area is 60.9 Å². The van der Waals surface area contributed by atoms with Crippen LogP contribution in [0.5, 0.6) is 0 Å². The average molecular weight is 140 g/mol. The second-order valence-electron chi connectivity index (χ2n) is 2.76. The maximum absolute atomic E-state index is 11.2. The summed E-state index contributed by atoms with van der Waals surface area (Å²) in [6, 6.07) is 0. The Morgan fingerprint density at radius 2 is 2.10 bits per heavy atom. The normalized spacial score (nSPS) is 26.7. The molecule has 0 spiro atoms. The highest BCUT2D eigenvalue weighted by Crippen LogP contribution is 2.18. The summed E-state index contributed by atoms with van der Waals surface area (Å²) in [5.74, 6) is 1.05. The van der Waals surface area contributed by atoms with E-state index in [-0.39, 0.29) is 11.7 Å². The Hall–Kier alpha value is -0.790. The van der Waals surface area contributed by atoms with Crippen LogP contribution in [0.15, 0.2) is 11.3 Å². The first kappa shape index (κ1) is 7.32. The van der Waals surface area contributed by atoms with Gasteiger partial charge in [-0.3, -0.25) is 4.79 Å². The fourth-order valence-electron chi connectivity index (χ4n) is 0.977. The van der Waals surface area contributed by atoms with Gasteiger partial charge in [-0.25, -0.2) is 0 Å². The van der Waals surface area contributed by atoms with Crippen LogP contribution in [0.25, 0.3) is 0 Å². The van der Waals surface area contributed by atoms with Gasteiger partial charge in [0.05, 0.1) is 18.3 Å². The molecule has 0 aromatic rings. The molecule has 0 radical (unpaired) electrons. The lowest BCUT2D eigenvalue weighted by molar-refractivity contribution is -0.121. The van der Waals surface area contributed by atoms with E-state index in [4.69, 9.17) is 4.74 Å². The van der Waals surface area contributed by atoms with E-state index in [2.05, 4.69) is 0 Å². The van der Waals surface area contributed by atoms with Crippen LogP contribution in [-0.4, -0.2) is 12.4 Å². The predicted molar refractivity (Wildman–Crippen MR) is 38.5 cm³/mol. The van der Waals surface area contributed by atoms with Gasteiger partial charge in [-0.1, -0.05) is 6.92 Å². The third-order valence-corrected chi connectivity index (χ3v) is 1.90. The van der Waals surface area contributed by atoms with Gasteiger partial charge in [-0.15, -0.1) is 0 Å². The molecule has 1 unspecified atom stereocenters. The van der Waals surface area contributed by atoms with Crippen LogP contribution >= 0.6 is 0 Å². The highest BCUT2D eigenvalue weighted by molar-refractivity contribution is 5.97. The largest absolute Gasteiger partial charge is 0.497 e. The molecule has 2 heteroatoms. The molecule has 1 aliphatic rings. The molecule has 1 aliphatic heterocycles. The Balaban J connectivity index is 2.88. The molecular weight excluding hydrogens is 128 g/mol. The first-order valence-electron chi connectivity index (χ1n) is 3.47. The topological polar surface area (TPSA) is 26.3 Å². The maximum Gasteiger partial charge on any atom is 0.168 e. The lowest BCUT2D eigenvalue weighted by atomic mass is 9.98. The van der Waals surface area contributed by atoms with Crippen molar-refractivity contribution in [1.82, 2.24) is 0 Å². The zero-order valence-electron chi connectivity index (χ0n) is 6.60. The Morgan fingerprint density at radius 1 is 1.50 bits per heavy atom. The molecule has 0 aromatic heterocycles. The van der Waals surface area contributed by atoms with E-state index in [1.54, 1.807) is 0 Å². The molecule has 0 amide bonds. The Morgan fingerprint density at radius 3 is 2.60 bits per heavy atom. The third kappa shape index (κ3) is 1.06. The molecule has 0 aromatic carbocycles. The average Bonchev–Trinajstić information content (AvgIpc) is 1.93. The van der Waals surface area contributed by atoms with E-state index in [1.807, 2.05) is 20.8 Å². The minimum absolute atomic E-state index is 0.0451. The molecule has 10 heavy (non-hydrogen) atoms. The summed E-state index contributed by atoms with van der Waals surface area (Å²) in [5, 5.41) is 0. The van der Waals surface area contributed by atoms with Crippen molar-refractivity contribution in [3.63, 3.8) is 0 Å². The van der Waals surface area contributed by atoms with Crippen molar-refractivity contribution in [3.8, 4) is 0 Å². The summed E-state index contributed by atoms with van der Waals surface area (Å²) in [6.45, 7) is 6.08. The molecule has 0 aliphatic carbocycles. The van der Waals surface area contributed by atoms with Gasteiger partial charge < -0.3 is 4.74 Å². The van der Waals surface area contributed by atoms with E-state index in [0.717, 1.165) is 11.3 Å². The van der Waals surface area contributed by atoms with Crippen molar-refractivity contribution in [1.29, 1.82) is 0 Å². The zero-order valence-corrected chi connectivity index (χ0v) is 6.60. The van der Waals surface area contributed by atoms with Crippen LogP contribution in [-0.2, 0) is 9.53 Å². The summed E-state index contributed by atoms with van der Waals surface area (Å²) in [6.07, 6.45) is 0. The number of hydrogen-bond acceptors (Lipinski definition) is 2. The number of Topliss-reactive ketones (excluding diaryl/α,β-unsaturated/α-hetero) is 1. The fraction of sp³-hybridized carbons (Fsp3) is 0.625. The number of ether oxygens (including phenoxy) is 1. The minimum atomic E-state index is 0.0451. The van der Waals surface area contributed by atoms with Crippen molar-refractivity contribution in [2.24, 2.45) is 5.92 Å². The molecule has 0 saturated carbocycles. The minimum Gasteiger partial charge on any atom is -0.497 e. The predicted octanol–water partition coefficient (Wildman–Crippen LogP) is 1.52. The molecule has 0 fully saturated rings. The van der Waals surface area contributed by atoms with E-state index in [0.29, 0.717) is 6.61 Å². The van der Waals surface area contributed by atoms with Crippen LogP contribution in [0.4, 0.5) is 0 Å². The molecule has 1 atom stereocenters. The van der Waals surface area contributed by atoms with Crippen molar-refractivity contribution in [2.45, 2.75) is 20.8 Å². The maximum atomic E-state index is 11.2. The summed E-state index contributed by atoms with van der Waals surface area (Å²) >= 11 is 0. The first-order chi connectivity index (χ1) is 4.63. The van der Waals surface area contributed by atoms with Crippen LogP contribution in [0.3, 0.4) is 0 Å². The third-order valence-electron chi connectivity index (χ3n) is 1.90. The molecule has 1 heterocycles. The van der Waals surface area contributed by atoms with Crippen LogP contribution < -0.4 is 0 Å². The lowest BCUT2D eigenvalue weighted by Gasteiger charge is -2.20. The molecule has 0 N–H and O–H groups in total. The quantitative estimate of drug-likeness (QED) is 0.510. The number of ketones is 1. The van der Waals surface area contributed by atoms with Gasteiger partial charge in [0.2, 0.25) is 0 Å². The molecule has 0 bridgehead atoms. The number of rotatable bonds is 0. The molecule has 56 valence electrons. The van der Waals surface area contributed by atoms with Gasteiger partial charge in [0.15, 0.2) is 5.78 Å². The highest BCUT2D eigenvalue weighted by atomic mass is 16.5. The van der Waals surface area contributed by atoms with E-state index in [1.165, 1.54) is 0 Å². The van der Waals surface area contributed by atoms with Gasteiger partial charge in [-0.05, 0) is 13.8 Å². The lowest BCUT2D eigenvalue weighted by Crippen LogP contribution is -2.23. The SMILES string of the molecule is CC1=C(C)C(=O)C(C)CO1. The molecule has 2 nitrogen and oxygen atoms in total. The summed E-state index contributed by atoms with van der Waals surface area (Å²) in [4.78, 5) is 11.2. The first-order valence-corrected chi connectivity index (χ1v) is 3.47. The summed E-state index contributed by atoms with van der Waals surface area (Å²) in [5.41, 5.74) is 0.777. The van der Waals surface area contributed by atoms with Gasteiger partial charge >= 0.3 is 0 Å². The van der Waals surface area contributed by atoms with Crippen molar-refractivity contribution in [2.75, 3.05) is 6.61 Å². The molecular formula is C8H12O2. The zero-order chi connectivity index (χ0) is 7.72. The van der Waals surface area contributed by atoms with Crippen LogP contribution in [0.2, 0.25) is 0 Å². The van der Waals surface area contributed by atoms with Gasteiger partial charge in [0, 0.05) is 5.57 Å². The number of carbonyl (C=O) groups excluding carboxylic acids is 1. The number of hydrogen-bond donors (Lipinski definition) is 0. The molecule has 1 rings (SSSR count).